The number of nitrogens with one attached hydrogen (secondary N) is 1. The number of ether oxygens (including phenoxy) is 1. The van der Waals surface area contributed by atoms with Crippen LogP contribution in [0.25, 0.3) is 0 Å². The second-order valence-electron chi connectivity index (χ2n) is 4.54. The number of carbonyl (C=O) groups is 1. The van der Waals surface area contributed by atoms with Gasteiger partial charge < -0.3 is 10.1 Å². The van der Waals surface area contributed by atoms with Crippen LogP contribution in [0.5, 0.6) is 5.75 Å². The maximum atomic E-state index is 11.6. The van der Waals surface area contributed by atoms with Crippen LogP contribution in [-0.2, 0) is 4.79 Å². The van der Waals surface area contributed by atoms with Crippen molar-refractivity contribution in [2.24, 2.45) is 0 Å². The fourth-order valence-electron chi connectivity index (χ4n) is 2.03. The molecule has 0 aromatic heterocycles. The molecular formula is C14H20N2O2. The molecule has 1 amide bonds. The zero-order chi connectivity index (χ0) is 12.6. The van der Waals surface area contributed by atoms with E-state index < -0.39 is 0 Å². The second kappa shape index (κ2) is 7.01. The highest BCUT2D eigenvalue weighted by Crippen LogP contribution is 2.08. The summed E-state index contributed by atoms with van der Waals surface area (Å²) in [4.78, 5) is 13.9. The molecule has 0 bridgehead atoms. The van der Waals surface area contributed by atoms with Crippen LogP contribution in [0.15, 0.2) is 30.3 Å². The van der Waals surface area contributed by atoms with Crippen molar-refractivity contribution in [1.82, 2.24) is 10.2 Å². The quantitative estimate of drug-likeness (QED) is 0.861. The van der Waals surface area contributed by atoms with Crippen molar-refractivity contribution < 1.29 is 9.53 Å². The molecule has 98 valence electrons. The predicted octanol–water partition coefficient (Wildman–Crippen LogP) is 1.62. The lowest BCUT2D eigenvalue weighted by molar-refractivity contribution is -0.123. The van der Waals surface area contributed by atoms with E-state index in [1.807, 2.05) is 30.3 Å². The number of para-hydroxylation sites is 1. The fourth-order valence-corrected chi connectivity index (χ4v) is 2.03. The van der Waals surface area contributed by atoms with Gasteiger partial charge in [-0.25, -0.2) is 0 Å². The SMILES string of the molecule is O=C(COc1ccccc1)NCN1CCCCC1. The maximum absolute atomic E-state index is 11.6. The minimum absolute atomic E-state index is 0.0653. The lowest BCUT2D eigenvalue weighted by atomic mass is 10.1. The van der Waals surface area contributed by atoms with Crippen LogP contribution in [0.1, 0.15) is 19.3 Å². The van der Waals surface area contributed by atoms with Gasteiger partial charge in [-0.1, -0.05) is 24.6 Å². The summed E-state index contributed by atoms with van der Waals surface area (Å²) in [5.74, 6) is 0.662. The molecule has 0 unspecified atom stereocenters. The van der Waals surface area contributed by atoms with E-state index in [0.717, 1.165) is 18.8 Å². The molecule has 1 aromatic carbocycles. The lowest BCUT2D eigenvalue weighted by Crippen LogP contribution is -2.41. The van der Waals surface area contributed by atoms with E-state index in [-0.39, 0.29) is 12.5 Å². The maximum Gasteiger partial charge on any atom is 0.258 e. The summed E-state index contributed by atoms with van der Waals surface area (Å²) in [6, 6.07) is 9.39. The molecule has 1 aliphatic heterocycles. The smallest absolute Gasteiger partial charge is 0.258 e. The average molecular weight is 248 g/mol. The van der Waals surface area contributed by atoms with Gasteiger partial charge in [-0.3, -0.25) is 9.69 Å². The Labute approximate surface area is 108 Å². The number of rotatable bonds is 5. The highest BCUT2D eigenvalue weighted by molar-refractivity contribution is 5.77. The van der Waals surface area contributed by atoms with Crippen molar-refractivity contribution in [2.45, 2.75) is 19.3 Å². The Morgan fingerprint density at radius 3 is 2.61 bits per heavy atom. The topological polar surface area (TPSA) is 41.6 Å². The number of nitrogens with zero attached hydrogens (tertiary/aromatic N) is 1. The summed E-state index contributed by atoms with van der Waals surface area (Å²) in [5.41, 5.74) is 0. The normalized spacial score (nSPS) is 16.2. The molecule has 1 N–H and O–H groups in total. The van der Waals surface area contributed by atoms with E-state index in [2.05, 4.69) is 10.2 Å². The van der Waals surface area contributed by atoms with Crippen molar-refractivity contribution in [1.29, 1.82) is 0 Å². The van der Waals surface area contributed by atoms with Crippen molar-refractivity contribution >= 4 is 5.91 Å². The summed E-state index contributed by atoms with van der Waals surface area (Å²) in [7, 11) is 0. The standard InChI is InChI=1S/C14H20N2O2/c17-14(11-18-13-7-3-1-4-8-13)15-12-16-9-5-2-6-10-16/h1,3-4,7-8H,2,5-6,9-12H2,(H,15,17). The molecular weight excluding hydrogens is 228 g/mol. The fraction of sp³-hybridized carbons (Fsp3) is 0.500. The Hall–Kier alpha value is -1.55. The first-order chi connectivity index (χ1) is 8.84. The number of amides is 1. The van der Waals surface area contributed by atoms with Crippen LogP contribution < -0.4 is 10.1 Å². The van der Waals surface area contributed by atoms with Crippen molar-refractivity contribution in [3.05, 3.63) is 30.3 Å². The molecule has 1 aromatic rings. The number of piperidine rings is 1. The van der Waals surface area contributed by atoms with Gasteiger partial charge >= 0.3 is 0 Å². The number of carbonyl (C=O) groups excluding carboxylic acids is 1. The van der Waals surface area contributed by atoms with E-state index in [4.69, 9.17) is 4.74 Å². The van der Waals surface area contributed by atoms with Crippen molar-refractivity contribution in [3.8, 4) is 5.75 Å². The number of hydrogen-bond acceptors (Lipinski definition) is 3. The molecule has 18 heavy (non-hydrogen) atoms. The van der Waals surface area contributed by atoms with Crippen LogP contribution in [0.4, 0.5) is 0 Å². The first kappa shape index (κ1) is 12.9. The van der Waals surface area contributed by atoms with Crippen LogP contribution in [0.2, 0.25) is 0 Å². The highest BCUT2D eigenvalue weighted by Gasteiger charge is 2.10. The van der Waals surface area contributed by atoms with Crippen molar-refractivity contribution in [2.75, 3.05) is 26.4 Å². The van der Waals surface area contributed by atoms with Gasteiger partial charge in [0.1, 0.15) is 5.75 Å². The van der Waals surface area contributed by atoms with Gasteiger partial charge in [0.2, 0.25) is 0 Å². The first-order valence-electron chi connectivity index (χ1n) is 6.51. The van der Waals surface area contributed by atoms with Gasteiger partial charge in [-0.05, 0) is 38.1 Å². The van der Waals surface area contributed by atoms with E-state index >= 15 is 0 Å². The van der Waals surface area contributed by atoms with Gasteiger partial charge in [-0.15, -0.1) is 0 Å². The number of benzene rings is 1. The molecule has 0 spiro atoms. The Morgan fingerprint density at radius 1 is 1.17 bits per heavy atom. The lowest BCUT2D eigenvalue weighted by Gasteiger charge is -2.26. The molecule has 1 saturated heterocycles. The molecule has 0 aliphatic carbocycles. The van der Waals surface area contributed by atoms with Gasteiger partial charge in [0, 0.05) is 0 Å². The van der Waals surface area contributed by atoms with Crippen molar-refractivity contribution in [3.63, 3.8) is 0 Å². The zero-order valence-electron chi connectivity index (χ0n) is 10.6. The molecule has 4 heteroatoms. The minimum atomic E-state index is -0.0653. The van der Waals surface area contributed by atoms with E-state index in [0.29, 0.717) is 6.67 Å². The summed E-state index contributed by atoms with van der Waals surface area (Å²) < 4.78 is 5.38. The molecule has 0 saturated carbocycles. The van der Waals surface area contributed by atoms with Gasteiger partial charge in [0.25, 0.3) is 5.91 Å². The summed E-state index contributed by atoms with van der Waals surface area (Å²) in [6.07, 6.45) is 3.77. The number of hydrogen-bond donors (Lipinski definition) is 1. The molecule has 0 radical (unpaired) electrons. The summed E-state index contributed by atoms with van der Waals surface area (Å²) in [6.45, 7) is 2.88. The molecule has 0 atom stereocenters. The average Bonchev–Trinajstić information content (AvgIpc) is 2.45. The summed E-state index contributed by atoms with van der Waals surface area (Å²) >= 11 is 0. The Balaban J connectivity index is 1.63. The Morgan fingerprint density at radius 2 is 1.89 bits per heavy atom. The van der Waals surface area contributed by atoms with Crippen LogP contribution in [-0.4, -0.2) is 37.2 Å². The van der Waals surface area contributed by atoms with Gasteiger partial charge in [0.05, 0.1) is 6.67 Å². The molecule has 4 nitrogen and oxygen atoms in total. The molecule has 2 rings (SSSR count). The van der Waals surface area contributed by atoms with E-state index in [1.54, 1.807) is 0 Å². The molecule has 1 heterocycles. The monoisotopic (exact) mass is 248 g/mol. The third kappa shape index (κ3) is 4.37. The largest absolute Gasteiger partial charge is 0.484 e. The predicted molar refractivity (Wildman–Crippen MR) is 70.4 cm³/mol. The third-order valence-electron chi connectivity index (χ3n) is 3.06. The van der Waals surface area contributed by atoms with Crippen LogP contribution in [0, 0.1) is 0 Å². The second-order valence-corrected chi connectivity index (χ2v) is 4.54. The third-order valence-corrected chi connectivity index (χ3v) is 3.06. The molecule has 1 fully saturated rings. The number of likely N-dealkylation sites (tertiary alicyclic amines) is 1. The highest BCUT2D eigenvalue weighted by atomic mass is 16.5. The Bertz CT molecular complexity index is 361. The van der Waals surface area contributed by atoms with E-state index in [9.17, 15) is 4.79 Å². The van der Waals surface area contributed by atoms with Crippen LogP contribution >= 0.6 is 0 Å². The van der Waals surface area contributed by atoms with Crippen LogP contribution in [0.3, 0.4) is 0 Å². The molecule has 1 aliphatic rings. The zero-order valence-corrected chi connectivity index (χ0v) is 10.6. The van der Waals surface area contributed by atoms with Gasteiger partial charge in [-0.2, -0.15) is 0 Å². The minimum Gasteiger partial charge on any atom is -0.484 e. The first-order valence-corrected chi connectivity index (χ1v) is 6.51. The summed E-state index contributed by atoms with van der Waals surface area (Å²) in [5, 5.41) is 2.88. The Kier molecular flexibility index (Phi) is 5.02. The van der Waals surface area contributed by atoms with Gasteiger partial charge in [0.15, 0.2) is 6.61 Å². The van der Waals surface area contributed by atoms with E-state index in [1.165, 1.54) is 19.3 Å².